The fourth-order valence-corrected chi connectivity index (χ4v) is 4.07. The summed E-state index contributed by atoms with van der Waals surface area (Å²) in [5.41, 5.74) is 3.00. The highest BCUT2D eigenvalue weighted by molar-refractivity contribution is 9.10. The number of hydrogen-bond acceptors (Lipinski definition) is 5. The normalized spacial score (nSPS) is 10.6. The van der Waals surface area contributed by atoms with Crippen molar-refractivity contribution >= 4 is 38.3 Å². The van der Waals surface area contributed by atoms with E-state index >= 15 is 0 Å². The Labute approximate surface area is 189 Å². The van der Waals surface area contributed by atoms with Crippen LogP contribution in [0.2, 0.25) is 0 Å². The minimum absolute atomic E-state index is 0.0641. The number of carbonyl (C=O) groups excluding carboxylic acids is 1. The molecule has 0 radical (unpaired) electrons. The molecule has 158 valence electrons. The van der Waals surface area contributed by atoms with Gasteiger partial charge in [-0.25, -0.2) is 4.98 Å². The largest absolute Gasteiger partial charge is 0.494 e. The number of nitrogens with zero attached hydrogens (tertiary/aromatic N) is 1. The van der Waals surface area contributed by atoms with Gasteiger partial charge in [-0.3, -0.25) is 4.79 Å². The zero-order valence-electron chi connectivity index (χ0n) is 17.1. The van der Waals surface area contributed by atoms with Gasteiger partial charge in [0.05, 0.1) is 23.4 Å². The van der Waals surface area contributed by atoms with Crippen LogP contribution in [0.5, 0.6) is 11.5 Å². The van der Waals surface area contributed by atoms with Crippen LogP contribution in [0.4, 0.5) is 5.13 Å². The SMILES string of the molecule is CCCOc1ccc(-c2csc(NC(=O)CCCOc3ccc(C)cc3Br)n2)cc1. The summed E-state index contributed by atoms with van der Waals surface area (Å²) < 4.78 is 12.3. The number of amides is 1. The van der Waals surface area contributed by atoms with Crippen molar-refractivity contribution in [1.82, 2.24) is 4.98 Å². The first-order chi connectivity index (χ1) is 14.5. The van der Waals surface area contributed by atoms with Crippen molar-refractivity contribution in [2.45, 2.75) is 33.1 Å². The molecule has 2 aromatic carbocycles. The molecule has 0 unspecified atom stereocenters. The number of halogens is 1. The topological polar surface area (TPSA) is 60.5 Å². The summed E-state index contributed by atoms with van der Waals surface area (Å²) in [4.78, 5) is 16.7. The second kappa shape index (κ2) is 11.1. The molecule has 0 spiro atoms. The summed E-state index contributed by atoms with van der Waals surface area (Å²) in [7, 11) is 0. The average Bonchev–Trinajstić information content (AvgIpc) is 3.19. The van der Waals surface area contributed by atoms with Crippen molar-refractivity contribution in [1.29, 1.82) is 0 Å². The molecule has 3 rings (SSSR count). The molecule has 0 saturated heterocycles. The second-order valence-electron chi connectivity index (χ2n) is 6.84. The number of aromatic nitrogens is 1. The molecule has 0 atom stereocenters. The van der Waals surface area contributed by atoms with E-state index in [0.29, 0.717) is 31.2 Å². The van der Waals surface area contributed by atoms with E-state index in [2.05, 4.69) is 33.2 Å². The highest BCUT2D eigenvalue weighted by Crippen LogP contribution is 2.27. The Morgan fingerprint density at radius 2 is 1.93 bits per heavy atom. The number of nitrogens with one attached hydrogen (secondary N) is 1. The van der Waals surface area contributed by atoms with Crippen molar-refractivity contribution < 1.29 is 14.3 Å². The molecule has 1 N–H and O–H groups in total. The van der Waals surface area contributed by atoms with Gasteiger partial charge in [0.25, 0.3) is 0 Å². The molecule has 30 heavy (non-hydrogen) atoms. The highest BCUT2D eigenvalue weighted by Gasteiger charge is 2.09. The van der Waals surface area contributed by atoms with E-state index < -0.39 is 0 Å². The fraction of sp³-hybridized carbons (Fsp3) is 0.304. The summed E-state index contributed by atoms with van der Waals surface area (Å²) in [5.74, 6) is 1.58. The first kappa shape index (κ1) is 22.3. The third-order valence-corrected chi connectivity index (χ3v) is 5.64. The van der Waals surface area contributed by atoms with E-state index in [1.54, 1.807) is 0 Å². The van der Waals surface area contributed by atoms with Gasteiger partial charge in [0.2, 0.25) is 5.91 Å². The van der Waals surface area contributed by atoms with Crippen LogP contribution in [0.25, 0.3) is 11.3 Å². The van der Waals surface area contributed by atoms with Crippen molar-refractivity contribution in [2.75, 3.05) is 18.5 Å². The van der Waals surface area contributed by atoms with Crippen LogP contribution in [0.1, 0.15) is 31.7 Å². The molecule has 7 heteroatoms. The average molecular weight is 489 g/mol. The minimum Gasteiger partial charge on any atom is -0.494 e. The molecule has 0 aliphatic rings. The first-order valence-electron chi connectivity index (χ1n) is 9.92. The molecule has 0 aliphatic heterocycles. The highest BCUT2D eigenvalue weighted by atomic mass is 79.9. The predicted octanol–water partition coefficient (Wildman–Crippen LogP) is 6.47. The van der Waals surface area contributed by atoms with E-state index in [1.165, 1.54) is 11.3 Å². The molecule has 1 aromatic heterocycles. The number of benzene rings is 2. The fourth-order valence-electron chi connectivity index (χ4n) is 2.73. The summed E-state index contributed by atoms with van der Waals surface area (Å²) in [6.45, 7) is 5.29. The molecule has 0 aliphatic carbocycles. The molecule has 1 heterocycles. The van der Waals surface area contributed by atoms with Gasteiger partial charge in [0, 0.05) is 17.4 Å². The van der Waals surface area contributed by atoms with Crippen LogP contribution in [-0.2, 0) is 4.79 Å². The summed E-state index contributed by atoms with van der Waals surface area (Å²) >= 11 is 4.91. The summed E-state index contributed by atoms with van der Waals surface area (Å²) in [6, 6.07) is 13.8. The Balaban J connectivity index is 1.44. The lowest BCUT2D eigenvalue weighted by atomic mass is 10.2. The van der Waals surface area contributed by atoms with Crippen LogP contribution < -0.4 is 14.8 Å². The van der Waals surface area contributed by atoms with Crippen LogP contribution in [0.15, 0.2) is 52.3 Å². The van der Waals surface area contributed by atoms with E-state index in [4.69, 9.17) is 9.47 Å². The number of thiazole rings is 1. The van der Waals surface area contributed by atoms with Crippen LogP contribution in [0.3, 0.4) is 0 Å². The lowest BCUT2D eigenvalue weighted by Crippen LogP contribution is -2.12. The minimum atomic E-state index is -0.0641. The molecule has 3 aromatic rings. The maximum Gasteiger partial charge on any atom is 0.226 e. The standard InChI is InChI=1S/C23H25BrN2O3S/c1-3-12-28-18-9-7-17(8-10-18)20-15-30-23(25-20)26-22(27)5-4-13-29-21-11-6-16(2)14-19(21)24/h6-11,14-15H,3-5,12-13H2,1-2H3,(H,25,26,27). The van der Waals surface area contributed by atoms with Gasteiger partial charge in [-0.15, -0.1) is 11.3 Å². The third kappa shape index (κ3) is 6.57. The molecule has 1 amide bonds. The lowest BCUT2D eigenvalue weighted by Gasteiger charge is -2.08. The number of anilines is 1. The van der Waals surface area contributed by atoms with Crippen molar-refractivity contribution in [3.63, 3.8) is 0 Å². The van der Waals surface area contributed by atoms with Gasteiger partial charge in [-0.1, -0.05) is 13.0 Å². The van der Waals surface area contributed by atoms with Crippen molar-refractivity contribution in [3.05, 3.63) is 57.9 Å². The lowest BCUT2D eigenvalue weighted by molar-refractivity contribution is -0.116. The molecular formula is C23H25BrN2O3S. The molecule has 0 bridgehead atoms. The van der Waals surface area contributed by atoms with Crippen LogP contribution >= 0.6 is 27.3 Å². The van der Waals surface area contributed by atoms with Gasteiger partial charge in [-0.2, -0.15) is 0 Å². The maximum absolute atomic E-state index is 12.2. The Kier molecular flexibility index (Phi) is 8.28. The first-order valence-corrected chi connectivity index (χ1v) is 11.6. The summed E-state index contributed by atoms with van der Waals surface area (Å²) in [5, 5.41) is 5.41. The smallest absolute Gasteiger partial charge is 0.226 e. The number of ether oxygens (including phenoxy) is 2. The predicted molar refractivity (Wildman–Crippen MR) is 126 cm³/mol. The van der Waals surface area contributed by atoms with Gasteiger partial charge in [0.15, 0.2) is 5.13 Å². The van der Waals surface area contributed by atoms with Crippen LogP contribution in [0, 0.1) is 6.92 Å². The van der Waals surface area contributed by atoms with Crippen molar-refractivity contribution in [3.8, 4) is 22.8 Å². The van der Waals surface area contributed by atoms with E-state index in [1.807, 2.05) is 54.8 Å². The zero-order chi connectivity index (χ0) is 21.3. The van der Waals surface area contributed by atoms with E-state index in [0.717, 1.165) is 39.2 Å². The zero-order valence-corrected chi connectivity index (χ0v) is 19.5. The van der Waals surface area contributed by atoms with Gasteiger partial charge in [-0.05, 0) is 77.7 Å². The molecular weight excluding hydrogens is 464 g/mol. The molecule has 5 nitrogen and oxygen atoms in total. The Morgan fingerprint density at radius 1 is 1.13 bits per heavy atom. The molecule has 0 saturated carbocycles. The van der Waals surface area contributed by atoms with E-state index in [9.17, 15) is 4.79 Å². The van der Waals surface area contributed by atoms with Gasteiger partial charge in [0.1, 0.15) is 11.5 Å². The van der Waals surface area contributed by atoms with Gasteiger partial charge >= 0.3 is 0 Å². The Morgan fingerprint density at radius 3 is 2.67 bits per heavy atom. The Hall–Kier alpha value is -2.38. The second-order valence-corrected chi connectivity index (χ2v) is 8.56. The summed E-state index contributed by atoms with van der Waals surface area (Å²) in [6.07, 6.45) is 1.98. The third-order valence-electron chi connectivity index (χ3n) is 4.27. The number of hydrogen-bond donors (Lipinski definition) is 1. The number of aryl methyl sites for hydroxylation is 1. The quantitative estimate of drug-likeness (QED) is 0.332. The molecule has 0 fully saturated rings. The van der Waals surface area contributed by atoms with E-state index in [-0.39, 0.29) is 5.91 Å². The van der Waals surface area contributed by atoms with Crippen molar-refractivity contribution in [2.24, 2.45) is 0 Å². The van der Waals surface area contributed by atoms with Crippen LogP contribution in [-0.4, -0.2) is 24.1 Å². The number of carbonyl (C=O) groups is 1. The van der Waals surface area contributed by atoms with Gasteiger partial charge < -0.3 is 14.8 Å². The number of rotatable bonds is 10. The Bertz CT molecular complexity index is 973. The maximum atomic E-state index is 12.2. The monoisotopic (exact) mass is 488 g/mol.